The first-order valence-electron chi connectivity index (χ1n) is 15.3. The molecule has 0 unspecified atom stereocenters. The molecule has 4 heteroatoms. The SMILES string of the molecule is CCCCC1CCC(CCOC(=O)C(CC)(CC)C(=O)OCCC2CCC(CCCC)CC2)CC1. The lowest BCUT2D eigenvalue weighted by Crippen LogP contribution is -2.41. The van der Waals surface area contributed by atoms with Crippen molar-refractivity contribution in [1.29, 1.82) is 0 Å². The molecule has 0 amide bonds. The van der Waals surface area contributed by atoms with Gasteiger partial charge in [0.1, 0.15) is 0 Å². The summed E-state index contributed by atoms with van der Waals surface area (Å²) in [6.45, 7) is 9.20. The highest BCUT2D eigenvalue weighted by atomic mass is 16.6. The summed E-state index contributed by atoms with van der Waals surface area (Å²) in [5, 5.41) is 0. The van der Waals surface area contributed by atoms with E-state index in [9.17, 15) is 9.59 Å². The first-order valence-corrected chi connectivity index (χ1v) is 15.3. The van der Waals surface area contributed by atoms with Gasteiger partial charge in [-0.3, -0.25) is 9.59 Å². The maximum atomic E-state index is 13.0. The van der Waals surface area contributed by atoms with Crippen LogP contribution in [0.2, 0.25) is 0 Å². The largest absolute Gasteiger partial charge is 0.465 e. The minimum Gasteiger partial charge on any atom is -0.465 e. The van der Waals surface area contributed by atoms with Crippen LogP contribution < -0.4 is 0 Å². The molecule has 0 aromatic heterocycles. The molecule has 0 heterocycles. The van der Waals surface area contributed by atoms with Gasteiger partial charge >= 0.3 is 11.9 Å². The second-order valence-corrected chi connectivity index (χ2v) is 11.7. The predicted octanol–water partition coefficient (Wildman–Crippen LogP) is 8.65. The molecule has 0 atom stereocenters. The number of rotatable bonds is 16. The Morgan fingerprint density at radius 2 is 0.886 bits per heavy atom. The molecule has 204 valence electrons. The van der Waals surface area contributed by atoms with Gasteiger partial charge in [-0.1, -0.05) is 118 Å². The molecule has 0 aliphatic heterocycles. The van der Waals surface area contributed by atoms with Crippen LogP contribution in [0.3, 0.4) is 0 Å². The molecular weight excluding hydrogens is 436 g/mol. The van der Waals surface area contributed by atoms with Crippen LogP contribution in [0.5, 0.6) is 0 Å². The van der Waals surface area contributed by atoms with E-state index in [4.69, 9.17) is 9.47 Å². The Bertz CT molecular complexity index is 533. The van der Waals surface area contributed by atoms with Crippen LogP contribution in [0, 0.1) is 29.1 Å². The van der Waals surface area contributed by atoms with E-state index in [-0.39, 0.29) is 11.9 Å². The number of ether oxygens (including phenoxy) is 2. The highest BCUT2D eigenvalue weighted by molar-refractivity contribution is 5.99. The quantitative estimate of drug-likeness (QED) is 0.160. The van der Waals surface area contributed by atoms with Crippen molar-refractivity contribution in [3.8, 4) is 0 Å². The average Bonchev–Trinajstić information content (AvgIpc) is 2.89. The number of esters is 2. The highest BCUT2D eigenvalue weighted by Crippen LogP contribution is 2.36. The van der Waals surface area contributed by atoms with Gasteiger partial charge in [-0.2, -0.15) is 0 Å². The van der Waals surface area contributed by atoms with Crippen molar-refractivity contribution in [2.45, 2.75) is 143 Å². The van der Waals surface area contributed by atoms with E-state index in [1.54, 1.807) is 0 Å². The lowest BCUT2D eigenvalue weighted by Gasteiger charge is -2.30. The van der Waals surface area contributed by atoms with Crippen LogP contribution in [0.4, 0.5) is 0 Å². The Morgan fingerprint density at radius 1 is 0.571 bits per heavy atom. The van der Waals surface area contributed by atoms with Gasteiger partial charge in [0.2, 0.25) is 0 Å². The molecule has 0 saturated heterocycles. The highest BCUT2D eigenvalue weighted by Gasteiger charge is 2.46. The molecule has 2 aliphatic carbocycles. The smallest absolute Gasteiger partial charge is 0.323 e. The van der Waals surface area contributed by atoms with E-state index >= 15 is 0 Å². The van der Waals surface area contributed by atoms with Crippen molar-refractivity contribution in [3.05, 3.63) is 0 Å². The molecule has 0 aromatic rings. The molecule has 0 N–H and O–H groups in total. The third-order valence-electron chi connectivity index (χ3n) is 9.37. The van der Waals surface area contributed by atoms with Gasteiger partial charge in [-0.25, -0.2) is 0 Å². The van der Waals surface area contributed by atoms with Crippen LogP contribution in [0.15, 0.2) is 0 Å². The van der Waals surface area contributed by atoms with Crippen LogP contribution in [-0.4, -0.2) is 25.2 Å². The first kappa shape index (κ1) is 30.2. The maximum Gasteiger partial charge on any atom is 0.323 e. The summed E-state index contributed by atoms with van der Waals surface area (Å²) in [4.78, 5) is 26.1. The van der Waals surface area contributed by atoms with Crippen molar-refractivity contribution >= 4 is 11.9 Å². The Hall–Kier alpha value is -1.06. The number of carbonyl (C=O) groups is 2. The molecule has 0 bridgehead atoms. The Labute approximate surface area is 216 Å². The van der Waals surface area contributed by atoms with Crippen LogP contribution in [0.1, 0.15) is 143 Å². The Morgan fingerprint density at radius 3 is 1.17 bits per heavy atom. The third-order valence-corrected chi connectivity index (χ3v) is 9.37. The molecule has 35 heavy (non-hydrogen) atoms. The molecule has 0 spiro atoms. The van der Waals surface area contributed by atoms with Gasteiger partial charge in [0, 0.05) is 0 Å². The Kier molecular flexibility index (Phi) is 14.3. The van der Waals surface area contributed by atoms with Crippen molar-refractivity contribution < 1.29 is 19.1 Å². The zero-order valence-electron chi connectivity index (χ0n) is 23.6. The van der Waals surface area contributed by atoms with E-state index < -0.39 is 5.41 Å². The second kappa shape index (κ2) is 16.6. The zero-order chi connectivity index (χ0) is 25.5. The summed E-state index contributed by atoms with van der Waals surface area (Å²) in [5.41, 5.74) is -1.14. The van der Waals surface area contributed by atoms with Crippen LogP contribution >= 0.6 is 0 Å². The molecule has 4 nitrogen and oxygen atoms in total. The average molecular weight is 493 g/mol. The number of hydrogen-bond donors (Lipinski definition) is 0. The van der Waals surface area contributed by atoms with Crippen molar-refractivity contribution in [3.63, 3.8) is 0 Å². The maximum absolute atomic E-state index is 13.0. The topological polar surface area (TPSA) is 52.6 Å². The molecular formula is C31H56O4. The summed E-state index contributed by atoms with van der Waals surface area (Å²) in [5.74, 6) is 2.35. The summed E-state index contributed by atoms with van der Waals surface area (Å²) in [6.07, 6.45) is 21.0. The van der Waals surface area contributed by atoms with Crippen molar-refractivity contribution in [2.75, 3.05) is 13.2 Å². The molecule has 0 radical (unpaired) electrons. The van der Waals surface area contributed by atoms with Gasteiger partial charge in [-0.05, 0) is 49.4 Å². The fourth-order valence-corrected chi connectivity index (χ4v) is 6.43. The van der Waals surface area contributed by atoms with Crippen molar-refractivity contribution in [1.82, 2.24) is 0 Å². The molecule has 0 aromatic carbocycles. The number of unbranched alkanes of at least 4 members (excludes halogenated alkanes) is 2. The molecule has 2 rings (SSSR count). The standard InChI is InChI=1S/C31H56O4/c1-5-9-11-25-13-17-27(18-14-25)21-23-34-29(32)31(7-3,8-4)30(33)35-24-22-28-19-15-26(16-20-28)12-10-6-2/h25-28H,5-24H2,1-4H3. The predicted molar refractivity (Wildman–Crippen MR) is 144 cm³/mol. The molecule has 2 saturated carbocycles. The Balaban J connectivity index is 1.69. The fourth-order valence-electron chi connectivity index (χ4n) is 6.43. The number of hydrogen-bond acceptors (Lipinski definition) is 4. The molecule has 2 fully saturated rings. The van der Waals surface area contributed by atoms with E-state index in [0.717, 1.165) is 24.7 Å². The van der Waals surface area contributed by atoms with E-state index in [1.165, 1.54) is 89.9 Å². The van der Waals surface area contributed by atoms with Crippen LogP contribution in [0.25, 0.3) is 0 Å². The van der Waals surface area contributed by atoms with Crippen LogP contribution in [-0.2, 0) is 19.1 Å². The number of carbonyl (C=O) groups excluding carboxylic acids is 2. The first-order chi connectivity index (χ1) is 17.0. The third kappa shape index (κ3) is 9.73. The van der Waals surface area contributed by atoms with Gasteiger partial charge in [0.15, 0.2) is 5.41 Å². The summed E-state index contributed by atoms with van der Waals surface area (Å²) in [6, 6.07) is 0. The molecule has 2 aliphatic rings. The lowest BCUT2D eigenvalue weighted by molar-refractivity contribution is -0.173. The zero-order valence-corrected chi connectivity index (χ0v) is 23.6. The van der Waals surface area contributed by atoms with Gasteiger partial charge in [0.25, 0.3) is 0 Å². The summed E-state index contributed by atoms with van der Waals surface area (Å²) < 4.78 is 11.4. The summed E-state index contributed by atoms with van der Waals surface area (Å²) in [7, 11) is 0. The van der Waals surface area contributed by atoms with E-state index in [1.807, 2.05) is 13.8 Å². The van der Waals surface area contributed by atoms with E-state index in [0.29, 0.717) is 37.9 Å². The second-order valence-electron chi connectivity index (χ2n) is 11.7. The monoisotopic (exact) mass is 492 g/mol. The van der Waals surface area contributed by atoms with Gasteiger partial charge < -0.3 is 9.47 Å². The fraction of sp³-hybridized carbons (Fsp3) is 0.935. The van der Waals surface area contributed by atoms with E-state index in [2.05, 4.69) is 13.8 Å². The van der Waals surface area contributed by atoms with Crippen molar-refractivity contribution in [2.24, 2.45) is 29.1 Å². The van der Waals surface area contributed by atoms with Gasteiger partial charge in [-0.15, -0.1) is 0 Å². The van der Waals surface area contributed by atoms with Gasteiger partial charge in [0.05, 0.1) is 13.2 Å². The normalized spacial score (nSPS) is 25.3. The minimum atomic E-state index is -1.14. The summed E-state index contributed by atoms with van der Waals surface area (Å²) >= 11 is 0. The lowest BCUT2D eigenvalue weighted by atomic mass is 9.78. The minimum absolute atomic E-state index is 0.374.